The zero-order valence-electron chi connectivity index (χ0n) is 14.9. The van der Waals surface area contributed by atoms with Crippen molar-refractivity contribution in [2.75, 3.05) is 0 Å². The smallest absolute Gasteiger partial charge is 0.329 e. The largest absolute Gasteiger partial charge is 0.454 e. The molecule has 0 bridgehead atoms. The van der Waals surface area contributed by atoms with Gasteiger partial charge in [0.05, 0.1) is 4.88 Å². The summed E-state index contributed by atoms with van der Waals surface area (Å²) in [7, 11) is 0. The third kappa shape index (κ3) is 4.79. The van der Waals surface area contributed by atoms with Crippen molar-refractivity contribution >= 4 is 23.2 Å². The summed E-state index contributed by atoms with van der Waals surface area (Å²) in [5.41, 5.74) is 0.783. The van der Waals surface area contributed by atoms with Gasteiger partial charge >= 0.3 is 5.97 Å². The molecular weight excluding hydrogens is 366 g/mol. The zero-order chi connectivity index (χ0) is 19.2. The molecule has 1 atom stereocenters. The van der Waals surface area contributed by atoms with E-state index in [1.54, 1.807) is 17.5 Å². The number of esters is 1. The van der Waals surface area contributed by atoms with E-state index in [-0.39, 0.29) is 24.3 Å². The summed E-state index contributed by atoms with van der Waals surface area (Å²) in [5.74, 6) is -0.439. The topological polar surface area (TPSA) is 94.3 Å². The van der Waals surface area contributed by atoms with E-state index < -0.39 is 12.0 Å². The van der Waals surface area contributed by atoms with Crippen LogP contribution in [0.5, 0.6) is 0 Å². The number of carbonyl (C=O) groups is 2. The van der Waals surface area contributed by atoms with Gasteiger partial charge in [0.1, 0.15) is 6.04 Å². The summed E-state index contributed by atoms with van der Waals surface area (Å²) in [6.07, 6.45) is 0. The highest BCUT2D eigenvalue weighted by atomic mass is 32.1. The molecule has 8 heteroatoms. The number of aromatic nitrogens is 2. The maximum absolute atomic E-state index is 12.4. The van der Waals surface area contributed by atoms with Crippen LogP contribution >= 0.6 is 11.3 Å². The van der Waals surface area contributed by atoms with Crippen LogP contribution in [-0.4, -0.2) is 28.1 Å². The molecule has 3 aromatic rings. The summed E-state index contributed by atoms with van der Waals surface area (Å²) in [5, 5.41) is 12.4. The Morgan fingerprint density at radius 2 is 1.93 bits per heavy atom. The van der Waals surface area contributed by atoms with E-state index in [0.717, 1.165) is 5.56 Å². The van der Waals surface area contributed by atoms with Gasteiger partial charge in [0.15, 0.2) is 6.61 Å². The SMILES string of the molecule is CC(C)[C@@H](NC(=O)c1cccs1)C(=O)OCc1nnc(-c2ccccc2)o1. The number of hydrogen-bond donors (Lipinski definition) is 1. The summed E-state index contributed by atoms with van der Waals surface area (Å²) in [6.45, 7) is 3.51. The summed E-state index contributed by atoms with van der Waals surface area (Å²) in [4.78, 5) is 25.2. The zero-order valence-corrected chi connectivity index (χ0v) is 15.7. The van der Waals surface area contributed by atoms with Crippen molar-refractivity contribution in [2.45, 2.75) is 26.5 Å². The first-order valence-corrected chi connectivity index (χ1v) is 9.31. The van der Waals surface area contributed by atoms with Crippen molar-refractivity contribution in [1.82, 2.24) is 15.5 Å². The summed E-state index contributed by atoms with van der Waals surface area (Å²) < 4.78 is 10.8. The van der Waals surface area contributed by atoms with Crippen LogP contribution in [0.3, 0.4) is 0 Å². The Balaban J connectivity index is 1.60. The van der Waals surface area contributed by atoms with Gasteiger partial charge in [-0.15, -0.1) is 21.5 Å². The molecule has 0 aliphatic carbocycles. The van der Waals surface area contributed by atoms with Gasteiger partial charge in [0.25, 0.3) is 11.8 Å². The Kier molecular flexibility index (Phi) is 5.97. The minimum atomic E-state index is -0.767. The van der Waals surface area contributed by atoms with E-state index in [1.165, 1.54) is 11.3 Å². The van der Waals surface area contributed by atoms with Crippen molar-refractivity contribution < 1.29 is 18.7 Å². The van der Waals surface area contributed by atoms with Gasteiger partial charge < -0.3 is 14.5 Å². The van der Waals surface area contributed by atoms with Gasteiger partial charge in [-0.1, -0.05) is 38.1 Å². The van der Waals surface area contributed by atoms with Crippen molar-refractivity contribution in [3.63, 3.8) is 0 Å². The van der Waals surface area contributed by atoms with Crippen LogP contribution in [0.15, 0.2) is 52.3 Å². The number of carbonyl (C=O) groups excluding carboxylic acids is 2. The van der Waals surface area contributed by atoms with Crippen LogP contribution in [0.2, 0.25) is 0 Å². The third-order valence-electron chi connectivity index (χ3n) is 3.78. The molecule has 2 heterocycles. The van der Waals surface area contributed by atoms with Gasteiger partial charge in [-0.2, -0.15) is 0 Å². The predicted molar refractivity (Wildman–Crippen MR) is 99.9 cm³/mol. The quantitative estimate of drug-likeness (QED) is 0.627. The molecule has 0 aliphatic rings. The molecular formula is C19H19N3O4S. The number of ether oxygens (including phenoxy) is 1. The van der Waals surface area contributed by atoms with Crippen molar-refractivity contribution in [3.05, 3.63) is 58.6 Å². The lowest BCUT2D eigenvalue weighted by Crippen LogP contribution is -2.45. The molecule has 0 spiro atoms. The standard InChI is InChI=1S/C19H19N3O4S/c1-12(2)16(20-17(23)14-9-6-10-27-14)19(24)25-11-15-21-22-18(26-15)13-7-4-3-5-8-13/h3-10,12,16H,11H2,1-2H3,(H,20,23)/t16-/m1/s1. The van der Waals surface area contributed by atoms with Gasteiger partial charge in [-0.3, -0.25) is 4.79 Å². The molecule has 0 unspecified atom stereocenters. The molecule has 7 nitrogen and oxygen atoms in total. The number of hydrogen-bond acceptors (Lipinski definition) is 7. The first kappa shape index (κ1) is 18.8. The second kappa shape index (κ2) is 8.59. The second-order valence-electron chi connectivity index (χ2n) is 6.15. The minimum Gasteiger partial charge on any atom is -0.454 e. The molecule has 1 amide bonds. The van der Waals surface area contributed by atoms with Crippen molar-refractivity contribution in [3.8, 4) is 11.5 Å². The Labute approximate surface area is 160 Å². The van der Waals surface area contributed by atoms with Crippen molar-refractivity contribution in [1.29, 1.82) is 0 Å². The molecule has 1 aromatic carbocycles. The Hall–Kier alpha value is -3.00. The van der Waals surface area contributed by atoms with Gasteiger partial charge in [0, 0.05) is 5.56 Å². The lowest BCUT2D eigenvalue weighted by molar-refractivity contribution is -0.149. The highest BCUT2D eigenvalue weighted by molar-refractivity contribution is 7.12. The molecule has 0 saturated carbocycles. The second-order valence-corrected chi connectivity index (χ2v) is 7.09. The molecule has 0 aliphatic heterocycles. The number of benzene rings is 1. The van der Waals surface area contributed by atoms with Crippen LogP contribution in [0, 0.1) is 5.92 Å². The fourth-order valence-electron chi connectivity index (χ4n) is 2.35. The van der Waals surface area contributed by atoms with Crippen LogP contribution in [0.1, 0.15) is 29.4 Å². The Morgan fingerprint density at radius 3 is 2.59 bits per heavy atom. The number of rotatable bonds is 7. The van der Waals surface area contributed by atoms with E-state index in [0.29, 0.717) is 10.8 Å². The molecule has 1 N–H and O–H groups in total. The fourth-order valence-corrected chi connectivity index (χ4v) is 2.98. The van der Waals surface area contributed by atoms with E-state index in [9.17, 15) is 9.59 Å². The number of thiophene rings is 1. The Bertz CT molecular complexity index is 891. The summed E-state index contributed by atoms with van der Waals surface area (Å²) in [6, 6.07) is 12.0. The van der Waals surface area contributed by atoms with E-state index in [4.69, 9.17) is 9.15 Å². The van der Waals surface area contributed by atoms with Crippen LogP contribution < -0.4 is 5.32 Å². The molecule has 27 heavy (non-hydrogen) atoms. The van der Waals surface area contributed by atoms with Gasteiger partial charge in [-0.05, 0) is 29.5 Å². The molecule has 140 valence electrons. The lowest BCUT2D eigenvalue weighted by atomic mass is 10.0. The van der Waals surface area contributed by atoms with Crippen LogP contribution in [-0.2, 0) is 16.1 Å². The van der Waals surface area contributed by atoms with E-state index in [1.807, 2.05) is 44.2 Å². The predicted octanol–water partition coefficient (Wildman–Crippen LogP) is 3.30. The fraction of sp³-hybridized carbons (Fsp3) is 0.263. The maximum Gasteiger partial charge on any atom is 0.329 e. The number of nitrogens with one attached hydrogen (secondary N) is 1. The van der Waals surface area contributed by atoms with Crippen molar-refractivity contribution in [2.24, 2.45) is 5.92 Å². The first-order chi connectivity index (χ1) is 13.0. The highest BCUT2D eigenvalue weighted by Crippen LogP contribution is 2.17. The molecule has 0 saturated heterocycles. The molecule has 2 aromatic heterocycles. The maximum atomic E-state index is 12.4. The third-order valence-corrected chi connectivity index (χ3v) is 4.65. The monoisotopic (exact) mass is 385 g/mol. The Morgan fingerprint density at radius 1 is 1.15 bits per heavy atom. The van der Waals surface area contributed by atoms with Gasteiger partial charge in [-0.25, -0.2) is 4.79 Å². The van der Waals surface area contributed by atoms with Crippen LogP contribution in [0.25, 0.3) is 11.5 Å². The highest BCUT2D eigenvalue weighted by Gasteiger charge is 2.27. The molecule has 3 rings (SSSR count). The number of amides is 1. The minimum absolute atomic E-state index is 0.135. The molecule has 0 radical (unpaired) electrons. The van der Waals surface area contributed by atoms with Crippen LogP contribution in [0.4, 0.5) is 0 Å². The summed E-state index contributed by atoms with van der Waals surface area (Å²) >= 11 is 1.31. The van der Waals surface area contributed by atoms with E-state index in [2.05, 4.69) is 15.5 Å². The molecule has 0 fully saturated rings. The average Bonchev–Trinajstić information content (AvgIpc) is 3.36. The van der Waals surface area contributed by atoms with E-state index >= 15 is 0 Å². The van der Waals surface area contributed by atoms with Gasteiger partial charge in [0.2, 0.25) is 5.89 Å². The first-order valence-electron chi connectivity index (χ1n) is 8.43. The lowest BCUT2D eigenvalue weighted by Gasteiger charge is -2.20. The normalized spacial score (nSPS) is 12.0. The number of nitrogens with zero attached hydrogens (tertiary/aromatic N) is 2. The average molecular weight is 385 g/mol.